The third-order valence-electron chi connectivity index (χ3n) is 4.77. The molecule has 1 atom stereocenters. The summed E-state index contributed by atoms with van der Waals surface area (Å²) in [6, 6.07) is 12.4. The Morgan fingerprint density at radius 1 is 1.06 bits per heavy atom. The number of hydrogen-bond acceptors (Lipinski definition) is 6. The van der Waals surface area contributed by atoms with Gasteiger partial charge in [0.2, 0.25) is 10.0 Å². The van der Waals surface area contributed by atoms with E-state index in [0.29, 0.717) is 0 Å². The molecule has 0 radical (unpaired) electrons. The molecule has 1 N–H and O–H groups in total. The van der Waals surface area contributed by atoms with Crippen molar-refractivity contribution in [3.8, 4) is 5.75 Å². The van der Waals surface area contributed by atoms with Gasteiger partial charge in [-0.1, -0.05) is 44.2 Å². The number of amides is 1. The summed E-state index contributed by atoms with van der Waals surface area (Å²) in [7, 11) is 0.0929. The van der Waals surface area contributed by atoms with E-state index in [1.165, 1.54) is 43.8 Å². The van der Waals surface area contributed by atoms with Crippen LogP contribution in [-0.2, 0) is 26.1 Å². The van der Waals surface area contributed by atoms with Gasteiger partial charge in [0, 0.05) is 19.2 Å². The molecule has 0 spiro atoms. The Bertz CT molecular complexity index is 1020. The molecule has 8 nitrogen and oxygen atoms in total. The molecule has 0 aliphatic rings. The Morgan fingerprint density at radius 3 is 2.26 bits per heavy atom. The third-order valence-corrected chi connectivity index (χ3v) is 6.60. The first kappa shape index (κ1) is 24.4. The quantitative estimate of drug-likeness (QED) is 0.591. The lowest BCUT2D eigenvalue weighted by Gasteiger charge is -2.21. The topological polar surface area (TPSA) is 102 Å². The number of nitrogens with one attached hydrogen (secondary N) is 1. The molecule has 168 valence electrons. The molecule has 0 aliphatic carbocycles. The van der Waals surface area contributed by atoms with Crippen molar-refractivity contribution < 1.29 is 27.5 Å². The molecule has 2 aromatic rings. The van der Waals surface area contributed by atoms with Crippen LogP contribution in [0.1, 0.15) is 29.8 Å². The van der Waals surface area contributed by atoms with Gasteiger partial charge in [0.05, 0.1) is 14.2 Å². The van der Waals surface area contributed by atoms with Crippen molar-refractivity contribution in [2.75, 3.05) is 21.3 Å². The number of hydrogen-bond donors (Lipinski definition) is 1. The fourth-order valence-corrected chi connectivity index (χ4v) is 4.30. The highest BCUT2D eigenvalue weighted by Crippen LogP contribution is 2.28. The molecule has 0 unspecified atom stereocenters. The van der Waals surface area contributed by atoms with Crippen molar-refractivity contribution in [2.24, 2.45) is 5.92 Å². The van der Waals surface area contributed by atoms with E-state index in [9.17, 15) is 18.0 Å². The average Bonchev–Trinajstić information content (AvgIpc) is 2.76. The predicted octanol–water partition coefficient (Wildman–Crippen LogP) is 2.44. The minimum absolute atomic E-state index is 0.0852. The number of ether oxygens (including phenoxy) is 2. The van der Waals surface area contributed by atoms with Gasteiger partial charge in [0.1, 0.15) is 16.7 Å². The van der Waals surface area contributed by atoms with Gasteiger partial charge in [-0.25, -0.2) is 13.2 Å². The van der Waals surface area contributed by atoms with E-state index in [1.807, 2.05) is 30.3 Å². The Balaban J connectivity index is 2.36. The van der Waals surface area contributed by atoms with E-state index in [2.05, 4.69) is 5.32 Å². The number of carbonyl (C=O) groups excluding carboxylic acids is 2. The third kappa shape index (κ3) is 5.83. The van der Waals surface area contributed by atoms with Crippen LogP contribution in [0.25, 0.3) is 0 Å². The number of carbonyl (C=O) groups is 2. The van der Waals surface area contributed by atoms with Gasteiger partial charge in [-0.05, 0) is 29.7 Å². The Kier molecular flexibility index (Phi) is 8.18. The molecule has 0 saturated heterocycles. The molecule has 1 amide bonds. The molecule has 0 aromatic heterocycles. The van der Waals surface area contributed by atoms with E-state index < -0.39 is 27.9 Å². The van der Waals surface area contributed by atoms with Crippen molar-refractivity contribution in [3.05, 3.63) is 59.7 Å². The lowest BCUT2D eigenvalue weighted by atomic mass is 10.0. The normalized spacial score (nSPS) is 12.5. The molecule has 31 heavy (non-hydrogen) atoms. The molecule has 0 bridgehead atoms. The second-order valence-electron chi connectivity index (χ2n) is 7.33. The summed E-state index contributed by atoms with van der Waals surface area (Å²) in [5.74, 6) is -1.26. The summed E-state index contributed by atoms with van der Waals surface area (Å²) in [6.45, 7) is 3.69. The summed E-state index contributed by atoms with van der Waals surface area (Å²) in [5, 5.41) is 2.61. The van der Waals surface area contributed by atoms with Crippen LogP contribution in [0.2, 0.25) is 0 Å². The molecular weight excluding hydrogens is 420 g/mol. The number of nitrogens with zero attached hydrogens (tertiary/aromatic N) is 1. The standard InChI is InChI=1S/C22H28N2O6S/c1-15(2)20(22(26)30-5)23-21(25)17-11-12-18(29-4)19(13-17)31(27,28)24(3)14-16-9-7-6-8-10-16/h6-13,15,20H,14H2,1-5H3,(H,23,25)/t20-/m0/s1. The van der Waals surface area contributed by atoms with Crippen LogP contribution in [0.5, 0.6) is 5.75 Å². The first-order valence-electron chi connectivity index (χ1n) is 9.68. The lowest BCUT2D eigenvalue weighted by molar-refractivity contribution is -0.144. The number of benzene rings is 2. The number of sulfonamides is 1. The zero-order chi connectivity index (χ0) is 23.2. The Morgan fingerprint density at radius 2 is 1.71 bits per heavy atom. The van der Waals surface area contributed by atoms with E-state index in [4.69, 9.17) is 9.47 Å². The van der Waals surface area contributed by atoms with Gasteiger partial charge in [0.15, 0.2) is 0 Å². The van der Waals surface area contributed by atoms with Gasteiger partial charge in [-0.15, -0.1) is 0 Å². The van der Waals surface area contributed by atoms with Gasteiger partial charge < -0.3 is 14.8 Å². The van der Waals surface area contributed by atoms with Gasteiger partial charge in [0.25, 0.3) is 5.91 Å². The van der Waals surface area contributed by atoms with Crippen LogP contribution in [0.4, 0.5) is 0 Å². The number of rotatable bonds is 9. The Hall–Kier alpha value is -2.91. The molecular formula is C22H28N2O6S. The maximum absolute atomic E-state index is 13.2. The number of esters is 1. The summed E-state index contributed by atoms with van der Waals surface area (Å²) < 4.78 is 37.6. The predicted molar refractivity (Wildman–Crippen MR) is 116 cm³/mol. The highest BCUT2D eigenvalue weighted by atomic mass is 32.2. The van der Waals surface area contributed by atoms with Gasteiger partial charge in [-0.3, -0.25) is 4.79 Å². The average molecular weight is 449 g/mol. The van der Waals surface area contributed by atoms with Crippen LogP contribution < -0.4 is 10.1 Å². The highest BCUT2D eigenvalue weighted by Gasteiger charge is 2.29. The summed E-state index contributed by atoms with van der Waals surface area (Å²) in [5.41, 5.74) is 0.904. The maximum atomic E-state index is 13.2. The van der Waals surface area contributed by atoms with Crippen molar-refractivity contribution in [2.45, 2.75) is 31.3 Å². The fourth-order valence-electron chi connectivity index (χ4n) is 2.96. The first-order valence-corrected chi connectivity index (χ1v) is 11.1. The second kappa shape index (κ2) is 10.4. The van der Waals surface area contributed by atoms with Crippen molar-refractivity contribution in [1.82, 2.24) is 9.62 Å². The zero-order valence-corrected chi connectivity index (χ0v) is 19.1. The molecule has 9 heteroatoms. The van der Waals surface area contributed by atoms with Gasteiger partial charge >= 0.3 is 5.97 Å². The molecule has 2 aromatic carbocycles. The molecule has 0 heterocycles. The SMILES string of the molecule is COC(=O)[C@@H](NC(=O)c1ccc(OC)c(S(=O)(=O)N(C)Cc2ccccc2)c1)C(C)C. The zero-order valence-electron chi connectivity index (χ0n) is 18.3. The summed E-state index contributed by atoms with van der Waals surface area (Å²) in [6.07, 6.45) is 0. The van der Waals surface area contributed by atoms with Crippen LogP contribution in [-0.4, -0.2) is 51.9 Å². The molecule has 0 aliphatic heterocycles. The van der Waals surface area contributed by atoms with Crippen LogP contribution >= 0.6 is 0 Å². The van der Waals surface area contributed by atoms with Crippen LogP contribution in [0.15, 0.2) is 53.4 Å². The minimum Gasteiger partial charge on any atom is -0.495 e. The Labute approximate surface area is 183 Å². The molecule has 0 saturated carbocycles. The van der Waals surface area contributed by atoms with Gasteiger partial charge in [-0.2, -0.15) is 4.31 Å². The van der Waals surface area contributed by atoms with Crippen molar-refractivity contribution in [3.63, 3.8) is 0 Å². The van der Waals surface area contributed by atoms with Crippen molar-refractivity contribution >= 4 is 21.9 Å². The summed E-state index contributed by atoms with van der Waals surface area (Å²) in [4.78, 5) is 24.6. The minimum atomic E-state index is -3.97. The maximum Gasteiger partial charge on any atom is 0.328 e. The van der Waals surface area contributed by atoms with E-state index in [0.717, 1.165) is 5.56 Å². The van der Waals surface area contributed by atoms with Crippen LogP contribution in [0.3, 0.4) is 0 Å². The fraction of sp³-hybridized carbons (Fsp3) is 0.364. The summed E-state index contributed by atoms with van der Waals surface area (Å²) >= 11 is 0. The largest absolute Gasteiger partial charge is 0.495 e. The molecule has 0 fully saturated rings. The van der Waals surface area contributed by atoms with Crippen molar-refractivity contribution in [1.29, 1.82) is 0 Å². The van der Waals surface area contributed by atoms with E-state index >= 15 is 0 Å². The smallest absolute Gasteiger partial charge is 0.328 e. The lowest BCUT2D eigenvalue weighted by Crippen LogP contribution is -2.45. The monoisotopic (exact) mass is 448 g/mol. The van der Waals surface area contributed by atoms with Crippen LogP contribution in [0, 0.1) is 5.92 Å². The van der Waals surface area contributed by atoms with E-state index in [-0.39, 0.29) is 28.7 Å². The van der Waals surface area contributed by atoms with E-state index in [1.54, 1.807) is 13.8 Å². The number of methoxy groups -OCH3 is 2. The second-order valence-corrected chi connectivity index (χ2v) is 9.34. The molecule has 2 rings (SSSR count). The first-order chi connectivity index (χ1) is 14.6. The highest BCUT2D eigenvalue weighted by molar-refractivity contribution is 7.89.